The Labute approximate surface area is 191 Å². The zero-order valence-corrected chi connectivity index (χ0v) is 18.9. The Balaban J connectivity index is 1.74. The van der Waals surface area contributed by atoms with E-state index in [-0.39, 0.29) is 16.3 Å². The normalized spacial score (nSPS) is 10.9. The molecule has 0 bridgehead atoms. The zero-order chi connectivity index (χ0) is 23.7. The Bertz CT molecular complexity index is 957. The number of hydrogen-bond donors (Lipinski definition) is 2. The standard InChI is InChI=1S/C22H26ClN3O6/c1-22(2,3)32-21(28)25-12-13-31-17-7-4-15(5-8-17)10-11-24-20(27)18-14-16(26(29)30)6-9-19(18)23/h4-9,14H,10-13H2,1-3H3,(H,24,27)(H,25,28). The van der Waals surface area contributed by atoms with Crippen LogP contribution in [0.25, 0.3) is 0 Å². The number of halogens is 1. The fraction of sp³-hybridized carbons (Fsp3) is 0.364. The average molecular weight is 464 g/mol. The summed E-state index contributed by atoms with van der Waals surface area (Å²) >= 11 is 5.98. The largest absolute Gasteiger partial charge is 0.492 e. The van der Waals surface area contributed by atoms with Crippen molar-refractivity contribution in [3.05, 3.63) is 68.7 Å². The SMILES string of the molecule is CC(C)(C)OC(=O)NCCOc1ccc(CCNC(=O)c2cc([N+](=O)[O-])ccc2Cl)cc1. The predicted octanol–water partition coefficient (Wildman–Crippen LogP) is 4.12. The molecule has 0 atom stereocenters. The van der Waals surface area contributed by atoms with Crippen molar-refractivity contribution in [2.24, 2.45) is 0 Å². The molecule has 172 valence electrons. The van der Waals surface area contributed by atoms with Crippen LogP contribution in [0.2, 0.25) is 5.02 Å². The number of carbonyl (C=O) groups is 2. The molecule has 2 aromatic carbocycles. The summed E-state index contributed by atoms with van der Waals surface area (Å²) in [6.45, 7) is 6.30. The molecule has 0 aliphatic rings. The van der Waals surface area contributed by atoms with Crippen molar-refractivity contribution in [3.63, 3.8) is 0 Å². The fourth-order valence-electron chi connectivity index (χ4n) is 2.60. The van der Waals surface area contributed by atoms with E-state index in [1.54, 1.807) is 32.9 Å². The van der Waals surface area contributed by atoms with Crippen molar-refractivity contribution in [1.29, 1.82) is 0 Å². The van der Waals surface area contributed by atoms with E-state index in [1.165, 1.54) is 12.1 Å². The molecule has 0 aliphatic carbocycles. The summed E-state index contributed by atoms with van der Waals surface area (Å²) in [6, 6.07) is 11.0. The minimum absolute atomic E-state index is 0.0598. The Kier molecular flexibility index (Phi) is 8.83. The molecule has 0 radical (unpaired) electrons. The van der Waals surface area contributed by atoms with Gasteiger partial charge in [-0.3, -0.25) is 14.9 Å². The number of ether oxygens (including phenoxy) is 2. The lowest BCUT2D eigenvalue weighted by molar-refractivity contribution is -0.384. The van der Waals surface area contributed by atoms with Crippen molar-refractivity contribution < 1.29 is 24.0 Å². The van der Waals surface area contributed by atoms with Gasteiger partial charge in [-0.15, -0.1) is 0 Å². The van der Waals surface area contributed by atoms with Gasteiger partial charge in [0.15, 0.2) is 0 Å². The van der Waals surface area contributed by atoms with Gasteiger partial charge in [0.05, 0.1) is 22.1 Å². The number of nitro benzene ring substituents is 1. The van der Waals surface area contributed by atoms with E-state index in [2.05, 4.69) is 10.6 Å². The maximum absolute atomic E-state index is 12.3. The maximum atomic E-state index is 12.3. The molecular formula is C22H26ClN3O6. The van der Waals surface area contributed by atoms with Crippen LogP contribution in [-0.2, 0) is 11.2 Å². The van der Waals surface area contributed by atoms with E-state index in [1.807, 2.05) is 12.1 Å². The summed E-state index contributed by atoms with van der Waals surface area (Å²) in [5, 5.41) is 16.3. The van der Waals surface area contributed by atoms with Gasteiger partial charge in [-0.2, -0.15) is 0 Å². The van der Waals surface area contributed by atoms with E-state index < -0.39 is 22.5 Å². The number of alkyl carbamates (subject to hydrolysis) is 1. The minimum atomic E-state index is -0.579. The van der Waals surface area contributed by atoms with Crippen LogP contribution >= 0.6 is 11.6 Å². The zero-order valence-electron chi connectivity index (χ0n) is 18.1. The van der Waals surface area contributed by atoms with Crippen LogP contribution in [0.3, 0.4) is 0 Å². The van der Waals surface area contributed by atoms with Crippen LogP contribution in [0, 0.1) is 10.1 Å². The second-order valence-corrected chi connectivity index (χ2v) is 8.26. The molecular weight excluding hydrogens is 438 g/mol. The lowest BCUT2D eigenvalue weighted by Crippen LogP contribution is -2.34. The maximum Gasteiger partial charge on any atom is 0.407 e. The molecule has 0 unspecified atom stereocenters. The van der Waals surface area contributed by atoms with Gasteiger partial charge in [-0.1, -0.05) is 23.7 Å². The number of nitrogens with zero attached hydrogens (tertiary/aromatic N) is 1. The Morgan fingerprint density at radius 3 is 2.38 bits per heavy atom. The van der Waals surface area contributed by atoms with E-state index in [4.69, 9.17) is 21.1 Å². The van der Waals surface area contributed by atoms with E-state index >= 15 is 0 Å². The molecule has 9 nitrogen and oxygen atoms in total. The number of nitro groups is 1. The Morgan fingerprint density at radius 1 is 1.06 bits per heavy atom. The first-order valence-electron chi connectivity index (χ1n) is 9.96. The monoisotopic (exact) mass is 463 g/mol. The van der Waals surface area contributed by atoms with Crippen molar-refractivity contribution in [2.75, 3.05) is 19.7 Å². The van der Waals surface area contributed by atoms with Gasteiger partial charge in [0.1, 0.15) is 18.0 Å². The first kappa shape index (κ1) is 24.9. The minimum Gasteiger partial charge on any atom is -0.492 e. The van der Waals surface area contributed by atoms with Crippen molar-refractivity contribution in [3.8, 4) is 5.75 Å². The highest BCUT2D eigenvalue weighted by Gasteiger charge is 2.16. The summed E-state index contributed by atoms with van der Waals surface area (Å²) in [5.74, 6) is 0.170. The number of benzene rings is 2. The summed E-state index contributed by atoms with van der Waals surface area (Å²) in [4.78, 5) is 34.1. The van der Waals surface area contributed by atoms with E-state index in [0.717, 1.165) is 11.6 Å². The molecule has 10 heteroatoms. The van der Waals surface area contributed by atoms with Gasteiger partial charge in [-0.25, -0.2) is 4.79 Å². The Hall–Kier alpha value is -3.33. The van der Waals surface area contributed by atoms with E-state index in [0.29, 0.717) is 31.9 Å². The van der Waals surface area contributed by atoms with Gasteiger partial charge in [-0.05, 0) is 51.0 Å². The van der Waals surface area contributed by atoms with Gasteiger partial charge in [0, 0.05) is 18.7 Å². The molecule has 0 fully saturated rings. The van der Waals surface area contributed by atoms with Crippen molar-refractivity contribution in [1.82, 2.24) is 10.6 Å². The molecule has 2 rings (SSSR count). The topological polar surface area (TPSA) is 120 Å². The quantitative estimate of drug-likeness (QED) is 0.328. The smallest absolute Gasteiger partial charge is 0.407 e. The molecule has 0 saturated heterocycles. The Morgan fingerprint density at radius 2 is 1.75 bits per heavy atom. The molecule has 0 heterocycles. The first-order chi connectivity index (χ1) is 15.0. The van der Waals surface area contributed by atoms with Crippen LogP contribution in [-0.4, -0.2) is 42.2 Å². The highest BCUT2D eigenvalue weighted by molar-refractivity contribution is 6.33. The first-order valence-corrected chi connectivity index (χ1v) is 10.3. The summed E-state index contributed by atoms with van der Waals surface area (Å²) in [7, 11) is 0. The number of non-ortho nitro benzene ring substituents is 1. The van der Waals surface area contributed by atoms with Crippen LogP contribution in [0.4, 0.5) is 10.5 Å². The molecule has 2 aromatic rings. The molecule has 0 saturated carbocycles. The second kappa shape index (κ2) is 11.3. The summed E-state index contributed by atoms with van der Waals surface area (Å²) < 4.78 is 10.7. The molecule has 0 aromatic heterocycles. The van der Waals surface area contributed by atoms with Gasteiger partial charge >= 0.3 is 6.09 Å². The van der Waals surface area contributed by atoms with Crippen LogP contribution in [0.15, 0.2) is 42.5 Å². The fourth-order valence-corrected chi connectivity index (χ4v) is 2.81. The lowest BCUT2D eigenvalue weighted by atomic mass is 10.1. The van der Waals surface area contributed by atoms with Crippen LogP contribution in [0.5, 0.6) is 5.75 Å². The van der Waals surface area contributed by atoms with Crippen molar-refractivity contribution in [2.45, 2.75) is 32.8 Å². The number of nitrogens with one attached hydrogen (secondary N) is 2. The van der Waals surface area contributed by atoms with Crippen LogP contribution < -0.4 is 15.4 Å². The van der Waals surface area contributed by atoms with Crippen molar-refractivity contribution >= 4 is 29.3 Å². The number of rotatable bonds is 9. The average Bonchev–Trinajstić information content (AvgIpc) is 2.71. The lowest BCUT2D eigenvalue weighted by Gasteiger charge is -2.19. The highest BCUT2D eigenvalue weighted by atomic mass is 35.5. The van der Waals surface area contributed by atoms with E-state index in [9.17, 15) is 19.7 Å². The molecule has 2 amide bonds. The third kappa shape index (κ3) is 8.43. The molecule has 32 heavy (non-hydrogen) atoms. The molecule has 0 spiro atoms. The summed E-state index contributed by atoms with van der Waals surface area (Å²) in [6.07, 6.45) is 0.0589. The van der Waals surface area contributed by atoms with Gasteiger partial charge in [0.2, 0.25) is 0 Å². The number of hydrogen-bond acceptors (Lipinski definition) is 6. The second-order valence-electron chi connectivity index (χ2n) is 7.85. The number of amides is 2. The molecule has 0 aliphatic heterocycles. The van der Waals surface area contributed by atoms with Gasteiger partial charge in [0.25, 0.3) is 11.6 Å². The summed E-state index contributed by atoms with van der Waals surface area (Å²) in [5.41, 5.74) is 0.279. The van der Waals surface area contributed by atoms with Crippen LogP contribution in [0.1, 0.15) is 36.7 Å². The number of carbonyl (C=O) groups excluding carboxylic acids is 2. The highest BCUT2D eigenvalue weighted by Crippen LogP contribution is 2.22. The third-order valence-corrected chi connectivity index (χ3v) is 4.40. The third-order valence-electron chi connectivity index (χ3n) is 4.07. The predicted molar refractivity (Wildman–Crippen MR) is 120 cm³/mol. The van der Waals surface area contributed by atoms with Gasteiger partial charge < -0.3 is 20.1 Å². The molecule has 2 N–H and O–H groups in total.